The minimum absolute atomic E-state index is 0.0986. The Bertz CT molecular complexity index is 627. The number of hydrogen-bond donors (Lipinski definition) is 1. The van der Waals surface area contributed by atoms with Crippen LogP contribution >= 0.6 is 0 Å². The van der Waals surface area contributed by atoms with Gasteiger partial charge in [-0.05, 0) is 59.6 Å². The monoisotopic (exact) mass is 354 g/mol. The van der Waals surface area contributed by atoms with Gasteiger partial charge in [-0.1, -0.05) is 17.7 Å². The molecule has 0 aliphatic heterocycles. The van der Waals surface area contributed by atoms with Crippen LogP contribution in [0.4, 0.5) is 0 Å². The van der Waals surface area contributed by atoms with Crippen molar-refractivity contribution in [2.45, 2.75) is 70.9 Å². The minimum atomic E-state index is -3.74. The zero-order valence-corrected chi connectivity index (χ0v) is 16.2. The fourth-order valence-corrected chi connectivity index (χ4v) is 3.76. The first-order valence-electron chi connectivity index (χ1n) is 8.48. The Morgan fingerprint density at radius 3 is 2.08 bits per heavy atom. The summed E-state index contributed by atoms with van der Waals surface area (Å²) in [7, 11) is -3.74. The highest BCUT2D eigenvalue weighted by atomic mass is 32.2. The smallest absolute Gasteiger partial charge is 0.283 e. The molecule has 0 heterocycles. The fourth-order valence-electron chi connectivity index (χ4n) is 2.71. The predicted molar refractivity (Wildman–Crippen MR) is 98.8 cm³/mol. The lowest BCUT2D eigenvalue weighted by atomic mass is 10.1. The second-order valence-corrected chi connectivity index (χ2v) is 8.18. The quantitative estimate of drug-likeness (QED) is 0.441. The van der Waals surface area contributed by atoms with Crippen LogP contribution < -0.4 is 0 Å². The zero-order chi connectivity index (χ0) is 18.3. The van der Waals surface area contributed by atoms with Gasteiger partial charge in [-0.3, -0.25) is 0 Å². The molecule has 1 aromatic rings. The van der Waals surface area contributed by atoms with Crippen molar-refractivity contribution < 1.29 is 13.5 Å². The van der Waals surface area contributed by atoms with E-state index in [0.29, 0.717) is 25.1 Å². The Hall–Kier alpha value is -1.40. The summed E-state index contributed by atoms with van der Waals surface area (Å²) in [6, 6.07) is 7.02. The van der Waals surface area contributed by atoms with Crippen LogP contribution in [0.2, 0.25) is 0 Å². The summed E-state index contributed by atoms with van der Waals surface area (Å²) in [5.41, 5.74) is 1.01. The van der Waals surface area contributed by atoms with Crippen LogP contribution in [0.5, 0.6) is 0 Å². The summed E-state index contributed by atoms with van der Waals surface area (Å²) in [4.78, 5) is 2.24. The molecule has 1 rings (SSSR count). The first-order chi connectivity index (χ1) is 11.2. The highest BCUT2D eigenvalue weighted by Crippen LogP contribution is 2.18. The van der Waals surface area contributed by atoms with Gasteiger partial charge in [0.2, 0.25) is 0 Å². The molecule has 5 nitrogen and oxygen atoms in total. The highest BCUT2D eigenvalue weighted by molar-refractivity contribution is 7.90. The lowest BCUT2D eigenvalue weighted by Crippen LogP contribution is -2.42. The molecule has 0 aliphatic rings. The second kappa shape index (κ2) is 9.18. The molecule has 0 amide bonds. The van der Waals surface area contributed by atoms with Crippen molar-refractivity contribution >= 4 is 15.9 Å². The number of aliphatic hydroxyl groups is 1. The van der Waals surface area contributed by atoms with Crippen molar-refractivity contribution in [2.24, 2.45) is 4.40 Å². The first-order valence-corrected chi connectivity index (χ1v) is 9.92. The van der Waals surface area contributed by atoms with E-state index in [4.69, 9.17) is 5.11 Å². The first kappa shape index (κ1) is 20.6. The van der Waals surface area contributed by atoms with Crippen LogP contribution in [0.25, 0.3) is 0 Å². The number of nitrogens with zero attached hydrogens (tertiary/aromatic N) is 2. The zero-order valence-electron chi connectivity index (χ0n) is 15.4. The third kappa shape index (κ3) is 5.91. The van der Waals surface area contributed by atoms with E-state index in [2.05, 4.69) is 4.40 Å². The summed E-state index contributed by atoms with van der Waals surface area (Å²) in [6.07, 6.45) is 1.87. The van der Waals surface area contributed by atoms with Gasteiger partial charge in [-0.25, -0.2) is 0 Å². The van der Waals surface area contributed by atoms with Gasteiger partial charge in [0.05, 0.1) is 4.90 Å². The maximum Gasteiger partial charge on any atom is 0.283 e. The summed E-state index contributed by atoms with van der Waals surface area (Å²) < 4.78 is 29.5. The number of hydrogen-bond acceptors (Lipinski definition) is 3. The molecule has 0 saturated heterocycles. The molecule has 0 spiro atoms. The Morgan fingerprint density at radius 1 is 1.08 bits per heavy atom. The molecule has 24 heavy (non-hydrogen) atoms. The lowest BCUT2D eigenvalue weighted by Gasteiger charge is -2.34. The predicted octanol–water partition coefficient (Wildman–Crippen LogP) is 3.36. The third-order valence-electron chi connectivity index (χ3n) is 3.76. The number of rotatable bonds is 8. The molecule has 1 aromatic carbocycles. The van der Waals surface area contributed by atoms with Crippen LogP contribution in [0.3, 0.4) is 0 Å². The van der Waals surface area contributed by atoms with Gasteiger partial charge in [-0.15, -0.1) is 4.40 Å². The SMILES string of the molecule is Cc1ccc(S(=O)(=O)/N=C(/CCCCO)N(C(C)C)C(C)C)cc1. The highest BCUT2D eigenvalue weighted by Gasteiger charge is 2.22. The molecule has 0 saturated carbocycles. The average Bonchev–Trinajstić information content (AvgIpc) is 2.46. The Morgan fingerprint density at radius 2 is 1.62 bits per heavy atom. The number of aliphatic hydroxyl groups excluding tert-OH is 1. The van der Waals surface area contributed by atoms with Crippen molar-refractivity contribution in [3.05, 3.63) is 29.8 Å². The molecule has 0 bridgehead atoms. The van der Waals surface area contributed by atoms with Gasteiger partial charge >= 0.3 is 0 Å². The van der Waals surface area contributed by atoms with E-state index >= 15 is 0 Å². The van der Waals surface area contributed by atoms with Crippen molar-refractivity contribution in [3.8, 4) is 0 Å². The van der Waals surface area contributed by atoms with Crippen LogP contribution in [0, 0.1) is 6.92 Å². The summed E-state index contributed by atoms with van der Waals surface area (Å²) in [6.45, 7) is 10.1. The minimum Gasteiger partial charge on any atom is -0.396 e. The summed E-state index contributed by atoms with van der Waals surface area (Å²) in [5.74, 6) is 0.564. The summed E-state index contributed by atoms with van der Waals surface area (Å²) >= 11 is 0. The molecule has 0 atom stereocenters. The second-order valence-electron chi connectivity index (χ2n) is 6.57. The van der Waals surface area contributed by atoms with E-state index in [9.17, 15) is 8.42 Å². The number of aryl methyl sites for hydroxylation is 1. The molecule has 0 unspecified atom stereocenters. The van der Waals surface area contributed by atoms with E-state index in [-0.39, 0.29) is 23.6 Å². The molecule has 0 radical (unpaired) electrons. The normalized spacial score (nSPS) is 12.9. The maximum atomic E-state index is 12.7. The van der Waals surface area contributed by atoms with Crippen molar-refractivity contribution in [1.29, 1.82) is 0 Å². The van der Waals surface area contributed by atoms with Crippen molar-refractivity contribution in [1.82, 2.24) is 4.90 Å². The van der Waals surface area contributed by atoms with Gasteiger partial charge in [0.15, 0.2) is 0 Å². The molecule has 136 valence electrons. The van der Waals surface area contributed by atoms with Crippen LogP contribution in [-0.2, 0) is 10.0 Å². The molecule has 1 N–H and O–H groups in total. The maximum absolute atomic E-state index is 12.7. The van der Waals surface area contributed by atoms with Crippen molar-refractivity contribution in [3.63, 3.8) is 0 Å². The number of benzene rings is 1. The molecule has 0 fully saturated rings. The van der Waals surface area contributed by atoms with E-state index in [0.717, 1.165) is 5.56 Å². The Balaban J connectivity index is 3.24. The van der Waals surface area contributed by atoms with E-state index < -0.39 is 10.0 Å². The van der Waals surface area contributed by atoms with Crippen LogP contribution in [-0.4, -0.2) is 43.0 Å². The van der Waals surface area contributed by atoms with Gasteiger partial charge < -0.3 is 10.0 Å². The standard InChI is InChI=1S/C18H30N2O3S/c1-14(2)20(15(3)4)18(8-6-7-13-21)19-24(22,23)17-11-9-16(5)10-12-17/h9-12,14-15,21H,6-8,13H2,1-5H3/b19-18-. The Labute approximate surface area is 146 Å². The van der Waals surface area contributed by atoms with E-state index in [1.54, 1.807) is 24.3 Å². The number of sulfonamides is 1. The van der Waals surface area contributed by atoms with Crippen molar-refractivity contribution in [2.75, 3.05) is 6.61 Å². The average molecular weight is 355 g/mol. The van der Waals surface area contributed by atoms with E-state index in [1.807, 2.05) is 39.5 Å². The number of amidine groups is 1. The Kier molecular flexibility index (Phi) is 7.90. The lowest BCUT2D eigenvalue weighted by molar-refractivity contribution is 0.275. The molecule has 6 heteroatoms. The molecule has 0 aliphatic carbocycles. The largest absolute Gasteiger partial charge is 0.396 e. The van der Waals surface area contributed by atoms with Gasteiger partial charge in [0.1, 0.15) is 5.84 Å². The molecular formula is C18H30N2O3S. The van der Waals surface area contributed by atoms with Gasteiger partial charge in [-0.2, -0.15) is 8.42 Å². The molecular weight excluding hydrogens is 324 g/mol. The summed E-state index contributed by atoms with van der Waals surface area (Å²) in [5, 5.41) is 9.00. The van der Waals surface area contributed by atoms with Gasteiger partial charge in [0, 0.05) is 25.1 Å². The van der Waals surface area contributed by atoms with Crippen LogP contribution in [0.1, 0.15) is 52.5 Å². The third-order valence-corrected chi connectivity index (χ3v) is 5.08. The number of unbranched alkanes of at least 4 members (excludes halogenated alkanes) is 1. The van der Waals surface area contributed by atoms with Crippen LogP contribution in [0.15, 0.2) is 33.6 Å². The van der Waals surface area contributed by atoms with Gasteiger partial charge in [0.25, 0.3) is 10.0 Å². The van der Waals surface area contributed by atoms with E-state index in [1.165, 1.54) is 0 Å². The molecule has 0 aromatic heterocycles. The topological polar surface area (TPSA) is 70.0 Å². The fraction of sp³-hybridized carbons (Fsp3) is 0.611.